The first-order valence-corrected chi connectivity index (χ1v) is 6.86. The number of nitrogens with zero attached hydrogens (tertiary/aromatic N) is 2. The number of nitrogens with two attached hydrogens (primary N) is 1. The SMILES string of the molecule is CN1CCN(C(=O)c2cccc(Br)c2)C(CN)C1. The molecular formula is C13H18BrN3O. The molecule has 1 amide bonds. The molecule has 1 aliphatic rings. The molecule has 1 saturated heterocycles. The fourth-order valence-corrected chi connectivity index (χ4v) is 2.67. The van der Waals surface area contributed by atoms with E-state index in [9.17, 15) is 4.79 Å². The Hall–Kier alpha value is -0.910. The molecule has 1 aliphatic heterocycles. The first-order chi connectivity index (χ1) is 8.61. The molecule has 0 aromatic heterocycles. The van der Waals surface area contributed by atoms with Gasteiger partial charge in [0.05, 0.1) is 6.04 Å². The van der Waals surface area contributed by atoms with Crippen molar-refractivity contribution >= 4 is 21.8 Å². The molecular weight excluding hydrogens is 294 g/mol. The van der Waals surface area contributed by atoms with Gasteiger partial charge in [0.15, 0.2) is 0 Å². The second-order valence-corrected chi connectivity index (χ2v) is 5.58. The molecule has 1 unspecified atom stereocenters. The van der Waals surface area contributed by atoms with Gasteiger partial charge in [-0.25, -0.2) is 0 Å². The Labute approximate surface area is 116 Å². The van der Waals surface area contributed by atoms with Crippen molar-refractivity contribution in [1.29, 1.82) is 0 Å². The maximum atomic E-state index is 12.5. The molecule has 0 aliphatic carbocycles. The molecule has 1 fully saturated rings. The fourth-order valence-electron chi connectivity index (χ4n) is 2.27. The number of benzene rings is 1. The first kappa shape index (κ1) is 13.5. The summed E-state index contributed by atoms with van der Waals surface area (Å²) in [6.07, 6.45) is 0. The summed E-state index contributed by atoms with van der Waals surface area (Å²) in [6, 6.07) is 7.61. The number of rotatable bonds is 2. The molecule has 5 heteroatoms. The van der Waals surface area contributed by atoms with Gasteiger partial charge in [-0.15, -0.1) is 0 Å². The molecule has 1 heterocycles. The fraction of sp³-hybridized carbons (Fsp3) is 0.462. The van der Waals surface area contributed by atoms with Crippen LogP contribution in [0.4, 0.5) is 0 Å². The third-order valence-corrected chi connectivity index (χ3v) is 3.78. The van der Waals surface area contributed by atoms with Gasteiger partial charge in [-0.1, -0.05) is 22.0 Å². The molecule has 0 radical (unpaired) electrons. The van der Waals surface area contributed by atoms with Crippen molar-refractivity contribution < 1.29 is 4.79 Å². The monoisotopic (exact) mass is 311 g/mol. The third kappa shape index (κ3) is 2.91. The van der Waals surface area contributed by atoms with Gasteiger partial charge in [0, 0.05) is 36.2 Å². The number of hydrogen-bond donors (Lipinski definition) is 1. The Morgan fingerprint density at radius 2 is 2.28 bits per heavy atom. The number of carbonyl (C=O) groups excluding carboxylic acids is 1. The summed E-state index contributed by atoms with van der Waals surface area (Å²) in [7, 11) is 2.06. The van der Waals surface area contributed by atoms with E-state index in [1.54, 1.807) is 0 Å². The van der Waals surface area contributed by atoms with Crippen LogP contribution in [0.25, 0.3) is 0 Å². The molecule has 98 valence electrons. The molecule has 2 rings (SSSR count). The van der Waals surface area contributed by atoms with E-state index in [-0.39, 0.29) is 11.9 Å². The van der Waals surface area contributed by atoms with Crippen molar-refractivity contribution in [1.82, 2.24) is 9.80 Å². The number of amides is 1. The van der Waals surface area contributed by atoms with Gasteiger partial charge in [0.25, 0.3) is 5.91 Å². The second kappa shape index (κ2) is 5.82. The normalized spacial score (nSPS) is 21.1. The quantitative estimate of drug-likeness (QED) is 0.892. The highest BCUT2D eigenvalue weighted by molar-refractivity contribution is 9.10. The standard InChI is InChI=1S/C13H18BrN3O/c1-16-5-6-17(12(8-15)9-16)13(18)10-3-2-4-11(14)7-10/h2-4,7,12H,5-6,8-9,15H2,1H3. The van der Waals surface area contributed by atoms with Gasteiger partial charge >= 0.3 is 0 Å². The zero-order chi connectivity index (χ0) is 13.1. The smallest absolute Gasteiger partial charge is 0.254 e. The van der Waals surface area contributed by atoms with Crippen LogP contribution in [-0.2, 0) is 0 Å². The molecule has 2 N–H and O–H groups in total. The van der Waals surface area contributed by atoms with Gasteiger partial charge in [0.1, 0.15) is 0 Å². The molecule has 18 heavy (non-hydrogen) atoms. The van der Waals surface area contributed by atoms with Crippen molar-refractivity contribution in [2.45, 2.75) is 6.04 Å². The van der Waals surface area contributed by atoms with Crippen LogP contribution in [0.15, 0.2) is 28.7 Å². The number of hydrogen-bond acceptors (Lipinski definition) is 3. The molecule has 0 bridgehead atoms. The Morgan fingerprint density at radius 3 is 2.94 bits per heavy atom. The van der Waals surface area contributed by atoms with Crippen molar-refractivity contribution in [2.75, 3.05) is 33.2 Å². The van der Waals surface area contributed by atoms with E-state index in [2.05, 4.69) is 27.9 Å². The highest BCUT2D eigenvalue weighted by Gasteiger charge is 2.28. The van der Waals surface area contributed by atoms with Crippen molar-refractivity contribution in [3.05, 3.63) is 34.3 Å². The van der Waals surface area contributed by atoms with E-state index in [1.807, 2.05) is 29.2 Å². The summed E-state index contributed by atoms with van der Waals surface area (Å²) in [6.45, 7) is 2.99. The lowest BCUT2D eigenvalue weighted by atomic mass is 10.1. The maximum Gasteiger partial charge on any atom is 0.254 e. The average molecular weight is 312 g/mol. The van der Waals surface area contributed by atoms with Gasteiger partial charge in [0.2, 0.25) is 0 Å². The van der Waals surface area contributed by atoms with Gasteiger partial charge in [-0.2, -0.15) is 0 Å². The molecule has 0 spiro atoms. The largest absolute Gasteiger partial charge is 0.332 e. The van der Waals surface area contributed by atoms with E-state index in [4.69, 9.17) is 5.73 Å². The average Bonchev–Trinajstić information content (AvgIpc) is 2.37. The predicted octanol–water partition coefficient (Wildman–Crippen LogP) is 1.16. The van der Waals surface area contributed by atoms with Crippen LogP contribution < -0.4 is 5.73 Å². The van der Waals surface area contributed by atoms with Gasteiger partial charge < -0.3 is 15.5 Å². The minimum atomic E-state index is 0.0693. The van der Waals surface area contributed by atoms with E-state index in [0.717, 1.165) is 24.1 Å². The molecule has 4 nitrogen and oxygen atoms in total. The summed E-state index contributed by atoms with van der Waals surface area (Å²) >= 11 is 3.39. The lowest BCUT2D eigenvalue weighted by molar-refractivity contribution is 0.0516. The minimum absolute atomic E-state index is 0.0693. The summed E-state index contributed by atoms with van der Waals surface area (Å²) in [5.41, 5.74) is 6.49. The molecule has 0 saturated carbocycles. The van der Waals surface area contributed by atoms with E-state index in [0.29, 0.717) is 12.1 Å². The summed E-state index contributed by atoms with van der Waals surface area (Å²) in [5, 5.41) is 0. The Bertz CT molecular complexity index is 438. The van der Waals surface area contributed by atoms with Crippen LogP contribution in [0.3, 0.4) is 0 Å². The summed E-state index contributed by atoms with van der Waals surface area (Å²) < 4.78 is 0.923. The van der Waals surface area contributed by atoms with Crippen LogP contribution in [0, 0.1) is 0 Å². The van der Waals surface area contributed by atoms with Crippen LogP contribution >= 0.6 is 15.9 Å². The number of piperazine rings is 1. The Balaban J connectivity index is 2.17. The number of carbonyl (C=O) groups is 1. The minimum Gasteiger partial charge on any atom is -0.332 e. The van der Waals surface area contributed by atoms with Crippen LogP contribution in [0.5, 0.6) is 0 Å². The topological polar surface area (TPSA) is 49.6 Å². The van der Waals surface area contributed by atoms with Crippen molar-refractivity contribution in [3.8, 4) is 0 Å². The maximum absolute atomic E-state index is 12.5. The van der Waals surface area contributed by atoms with E-state index >= 15 is 0 Å². The molecule has 1 aromatic carbocycles. The highest BCUT2D eigenvalue weighted by atomic mass is 79.9. The number of halogens is 1. The van der Waals surface area contributed by atoms with Gasteiger partial charge in [-0.3, -0.25) is 4.79 Å². The predicted molar refractivity (Wildman–Crippen MR) is 75.5 cm³/mol. The highest BCUT2D eigenvalue weighted by Crippen LogP contribution is 2.16. The van der Waals surface area contributed by atoms with Crippen molar-refractivity contribution in [2.24, 2.45) is 5.73 Å². The van der Waals surface area contributed by atoms with Crippen LogP contribution in [0.2, 0.25) is 0 Å². The summed E-state index contributed by atoms with van der Waals surface area (Å²) in [4.78, 5) is 16.6. The molecule has 1 aromatic rings. The second-order valence-electron chi connectivity index (χ2n) is 4.66. The van der Waals surface area contributed by atoms with Gasteiger partial charge in [-0.05, 0) is 25.2 Å². The molecule has 1 atom stereocenters. The lowest BCUT2D eigenvalue weighted by Gasteiger charge is -2.39. The Kier molecular flexibility index (Phi) is 4.37. The lowest BCUT2D eigenvalue weighted by Crippen LogP contribution is -2.56. The third-order valence-electron chi connectivity index (χ3n) is 3.29. The van der Waals surface area contributed by atoms with E-state index in [1.165, 1.54) is 0 Å². The Morgan fingerprint density at radius 1 is 1.50 bits per heavy atom. The number of likely N-dealkylation sites (N-methyl/N-ethyl adjacent to an activating group) is 1. The van der Waals surface area contributed by atoms with E-state index < -0.39 is 0 Å². The van der Waals surface area contributed by atoms with Crippen LogP contribution in [0.1, 0.15) is 10.4 Å². The summed E-state index contributed by atoms with van der Waals surface area (Å²) in [5.74, 6) is 0.0693. The zero-order valence-electron chi connectivity index (χ0n) is 10.5. The van der Waals surface area contributed by atoms with Crippen molar-refractivity contribution in [3.63, 3.8) is 0 Å². The zero-order valence-corrected chi connectivity index (χ0v) is 12.1. The first-order valence-electron chi connectivity index (χ1n) is 6.07. The van der Waals surface area contributed by atoms with Crippen LogP contribution in [-0.4, -0.2) is 55.0 Å².